The summed E-state index contributed by atoms with van der Waals surface area (Å²) in [7, 11) is 1.77. The lowest BCUT2D eigenvalue weighted by molar-refractivity contribution is -0.120. The van der Waals surface area contributed by atoms with Crippen molar-refractivity contribution in [3.05, 3.63) is 0 Å². The standard InChI is InChI=1S/C11H23N3O2/c1-9-8-14(5-3-7-16-9)6-4-10(13-2)11(12)15/h9-10,13H,3-8H2,1-2H3,(H2,12,15). The molecule has 94 valence electrons. The largest absolute Gasteiger partial charge is 0.377 e. The van der Waals surface area contributed by atoms with E-state index in [9.17, 15) is 4.79 Å². The number of rotatable bonds is 5. The Balaban J connectivity index is 2.32. The van der Waals surface area contributed by atoms with Crippen molar-refractivity contribution in [3.63, 3.8) is 0 Å². The van der Waals surface area contributed by atoms with Crippen LogP contribution in [0.1, 0.15) is 19.8 Å². The zero-order valence-electron chi connectivity index (χ0n) is 10.2. The number of primary amides is 1. The minimum absolute atomic E-state index is 0.223. The number of nitrogens with zero attached hydrogens (tertiary/aromatic N) is 1. The van der Waals surface area contributed by atoms with Crippen molar-refractivity contribution in [2.75, 3.05) is 33.3 Å². The Kier molecular flexibility index (Phi) is 5.73. The van der Waals surface area contributed by atoms with E-state index in [0.29, 0.717) is 0 Å². The number of carbonyl (C=O) groups excluding carboxylic acids is 1. The van der Waals surface area contributed by atoms with Crippen molar-refractivity contribution in [2.24, 2.45) is 5.73 Å². The molecule has 3 N–H and O–H groups in total. The Bertz CT molecular complexity index is 223. The molecule has 1 saturated heterocycles. The molecule has 1 aliphatic heterocycles. The van der Waals surface area contributed by atoms with E-state index in [4.69, 9.17) is 10.5 Å². The van der Waals surface area contributed by atoms with Gasteiger partial charge in [-0.05, 0) is 26.8 Å². The quantitative estimate of drug-likeness (QED) is 0.671. The third kappa shape index (κ3) is 4.47. The van der Waals surface area contributed by atoms with Crippen molar-refractivity contribution in [1.29, 1.82) is 0 Å². The smallest absolute Gasteiger partial charge is 0.234 e. The van der Waals surface area contributed by atoms with Gasteiger partial charge in [0.1, 0.15) is 0 Å². The molecule has 1 fully saturated rings. The van der Waals surface area contributed by atoms with Crippen LogP contribution in [0.3, 0.4) is 0 Å². The Hall–Kier alpha value is -0.650. The van der Waals surface area contributed by atoms with Crippen LogP contribution in [0.4, 0.5) is 0 Å². The second-order valence-electron chi connectivity index (χ2n) is 4.37. The number of carbonyl (C=O) groups is 1. The van der Waals surface area contributed by atoms with E-state index in [2.05, 4.69) is 17.1 Å². The van der Waals surface area contributed by atoms with Gasteiger partial charge in [-0.2, -0.15) is 0 Å². The number of nitrogens with two attached hydrogens (primary N) is 1. The molecule has 0 saturated carbocycles. The summed E-state index contributed by atoms with van der Waals surface area (Å²) in [6, 6.07) is -0.223. The molecule has 0 spiro atoms. The lowest BCUT2D eigenvalue weighted by Gasteiger charge is -2.23. The van der Waals surface area contributed by atoms with Gasteiger partial charge in [0.05, 0.1) is 12.1 Å². The molecule has 0 aromatic rings. The highest BCUT2D eigenvalue weighted by Gasteiger charge is 2.18. The summed E-state index contributed by atoms with van der Waals surface area (Å²) >= 11 is 0. The highest BCUT2D eigenvalue weighted by Crippen LogP contribution is 2.06. The third-order valence-corrected chi connectivity index (χ3v) is 2.96. The topological polar surface area (TPSA) is 67.6 Å². The van der Waals surface area contributed by atoms with Crippen LogP contribution in [-0.2, 0) is 9.53 Å². The van der Waals surface area contributed by atoms with E-state index >= 15 is 0 Å². The average Bonchev–Trinajstić information content (AvgIpc) is 2.43. The third-order valence-electron chi connectivity index (χ3n) is 2.96. The fraction of sp³-hybridized carbons (Fsp3) is 0.909. The highest BCUT2D eigenvalue weighted by molar-refractivity contribution is 5.79. The molecule has 0 bridgehead atoms. The Morgan fingerprint density at radius 1 is 1.69 bits per heavy atom. The van der Waals surface area contributed by atoms with Crippen LogP contribution in [0.15, 0.2) is 0 Å². The van der Waals surface area contributed by atoms with Gasteiger partial charge >= 0.3 is 0 Å². The Morgan fingerprint density at radius 3 is 3.06 bits per heavy atom. The number of hydrogen-bond acceptors (Lipinski definition) is 4. The molecular weight excluding hydrogens is 206 g/mol. The van der Waals surface area contributed by atoms with Gasteiger partial charge < -0.3 is 20.7 Å². The SMILES string of the molecule is CNC(CCN1CCCOC(C)C1)C(N)=O. The maximum Gasteiger partial charge on any atom is 0.234 e. The van der Waals surface area contributed by atoms with E-state index in [1.54, 1.807) is 7.05 Å². The molecule has 2 unspecified atom stereocenters. The van der Waals surface area contributed by atoms with Crippen molar-refractivity contribution in [2.45, 2.75) is 31.9 Å². The van der Waals surface area contributed by atoms with Crippen molar-refractivity contribution in [1.82, 2.24) is 10.2 Å². The molecule has 1 heterocycles. The van der Waals surface area contributed by atoms with Crippen molar-refractivity contribution in [3.8, 4) is 0 Å². The maximum absolute atomic E-state index is 11.1. The second kappa shape index (κ2) is 6.83. The normalized spacial score (nSPS) is 25.0. The number of likely N-dealkylation sites (N-methyl/N-ethyl adjacent to an activating group) is 1. The molecule has 0 aromatic carbocycles. The molecule has 16 heavy (non-hydrogen) atoms. The van der Waals surface area contributed by atoms with Crippen LogP contribution in [0.5, 0.6) is 0 Å². The minimum Gasteiger partial charge on any atom is -0.377 e. The number of nitrogens with one attached hydrogen (secondary N) is 1. The molecule has 2 atom stereocenters. The molecule has 0 aliphatic carbocycles. The van der Waals surface area contributed by atoms with Gasteiger partial charge in [0, 0.05) is 26.2 Å². The predicted molar refractivity (Wildman–Crippen MR) is 63.1 cm³/mol. The van der Waals surface area contributed by atoms with Crippen LogP contribution in [0.25, 0.3) is 0 Å². The fourth-order valence-corrected chi connectivity index (χ4v) is 2.02. The van der Waals surface area contributed by atoms with Crippen LogP contribution in [0, 0.1) is 0 Å². The summed E-state index contributed by atoms with van der Waals surface area (Å²) in [6.45, 7) is 5.79. The van der Waals surface area contributed by atoms with Gasteiger partial charge in [-0.3, -0.25) is 4.79 Å². The Labute approximate surface area is 97.3 Å². The monoisotopic (exact) mass is 229 g/mol. The lowest BCUT2D eigenvalue weighted by Crippen LogP contribution is -2.42. The number of amides is 1. The van der Waals surface area contributed by atoms with Gasteiger partial charge in [0.2, 0.25) is 5.91 Å². The summed E-state index contributed by atoms with van der Waals surface area (Å²) < 4.78 is 5.56. The predicted octanol–water partition coefficient (Wildman–Crippen LogP) is -0.439. The molecule has 1 aliphatic rings. The first-order chi connectivity index (χ1) is 7.63. The van der Waals surface area contributed by atoms with Crippen molar-refractivity contribution >= 4 is 5.91 Å². The van der Waals surface area contributed by atoms with E-state index in [0.717, 1.165) is 39.1 Å². The van der Waals surface area contributed by atoms with Crippen LogP contribution >= 0.6 is 0 Å². The first-order valence-electron chi connectivity index (χ1n) is 5.94. The van der Waals surface area contributed by atoms with Gasteiger partial charge in [0.15, 0.2) is 0 Å². The van der Waals surface area contributed by atoms with Crippen molar-refractivity contribution < 1.29 is 9.53 Å². The summed E-state index contributed by atoms with van der Waals surface area (Å²) in [5.74, 6) is -0.276. The average molecular weight is 229 g/mol. The first kappa shape index (κ1) is 13.4. The molecule has 0 radical (unpaired) electrons. The molecule has 1 rings (SSSR count). The molecule has 0 aromatic heterocycles. The highest BCUT2D eigenvalue weighted by atomic mass is 16.5. The minimum atomic E-state index is -0.276. The van der Waals surface area contributed by atoms with Gasteiger partial charge in [-0.1, -0.05) is 0 Å². The summed E-state index contributed by atoms with van der Waals surface area (Å²) in [5, 5.41) is 2.94. The molecule has 5 heteroatoms. The fourth-order valence-electron chi connectivity index (χ4n) is 2.02. The number of hydrogen-bond donors (Lipinski definition) is 2. The molecule has 1 amide bonds. The second-order valence-corrected chi connectivity index (χ2v) is 4.37. The Morgan fingerprint density at radius 2 is 2.44 bits per heavy atom. The first-order valence-corrected chi connectivity index (χ1v) is 5.94. The summed E-state index contributed by atoms with van der Waals surface area (Å²) in [6.07, 6.45) is 2.10. The van der Waals surface area contributed by atoms with Crippen LogP contribution < -0.4 is 11.1 Å². The van der Waals surface area contributed by atoms with E-state index in [-0.39, 0.29) is 18.1 Å². The zero-order chi connectivity index (χ0) is 12.0. The van der Waals surface area contributed by atoms with Gasteiger partial charge in [-0.25, -0.2) is 0 Å². The number of ether oxygens (including phenoxy) is 1. The van der Waals surface area contributed by atoms with E-state index in [1.165, 1.54) is 0 Å². The van der Waals surface area contributed by atoms with E-state index in [1.807, 2.05) is 0 Å². The maximum atomic E-state index is 11.1. The van der Waals surface area contributed by atoms with Crippen LogP contribution in [0.2, 0.25) is 0 Å². The summed E-state index contributed by atoms with van der Waals surface area (Å²) in [5.41, 5.74) is 5.28. The van der Waals surface area contributed by atoms with E-state index < -0.39 is 0 Å². The summed E-state index contributed by atoms with van der Waals surface area (Å²) in [4.78, 5) is 13.4. The molecule has 5 nitrogen and oxygen atoms in total. The molecular formula is C11H23N3O2. The van der Waals surface area contributed by atoms with Gasteiger partial charge in [0.25, 0.3) is 0 Å². The van der Waals surface area contributed by atoms with Crippen LogP contribution in [-0.4, -0.2) is 56.2 Å². The lowest BCUT2D eigenvalue weighted by atomic mass is 10.2. The zero-order valence-corrected chi connectivity index (χ0v) is 10.2. The van der Waals surface area contributed by atoms with Gasteiger partial charge in [-0.15, -0.1) is 0 Å².